The van der Waals surface area contributed by atoms with Crippen molar-refractivity contribution in [3.63, 3.8) is 0 Å². The molecule has 3 aliphatic carbocycles. The van der Waals surface area contributed by atoms with Crippen LogP contribution in [0.4, 0.5) is 0 Å². The second-order valence-electron chi connectivity index (χ2n) is 12.9. The van der Waals surface area contributed by atoms with E-state index in [-0.39, 0.29) is 64.4 Å². The number of aliphatic hydroxyl groups is 4. The molecule has 0 fully saturated rings. The van der Waals surface area contributed by atoms with Crippen LogP contribution in [-0.4, -0.2) is 58.5 Å². The van der Waals surface area contributed by atoms with Crippen LogP contribution >= 0.6 is 0 Å². The molecule has 0 amide bonds. The molecule has 4 unspecified atom stereocenters. The molecule has 5 rings (SSSR count). The summed E-state index contributed by atoms with van der Waals surface area (Å²) in [5.74, 6) is -1.59. The highest BCUT2D eigenvalue weighted by atomic mass is 16.3. The molecule has 2 aromatic rings. The normalized spacial score (nSPS) is 23.0. The average molecular weight is 679 g/mol. The molecule has 0 saturated heterocycles. The molecule has 258 valence electrons. The lowest BCUT2D eigenvalue weighted by Crippen LogP contribution is -2.34. The fourth-order valence-corrected chi connectivity index (χ4v) is 6.62. The molecule has 0 saturated carbocycles. The monoisotopic (exact) mass is 678 g/mol. The minimum Gasteiger partial charge on any atom is -0.512 e. The lowest BCUT2D eigenvalue weighted by molar-refractivity contribution is -0.110. The molecule has 8 N–H and O–H groups in total. The molecule has 3 aliphatic rings. The van der Waals surface area contributed by atoms with Gasteiger partial charge in [-0.05, 0) is 93.5 Å². The first-order chi connectivity index (χ1) is 23.7. The maximum absolute atomic E-state index is 13.4. The number of phenols is 4. The largest absolute Gasteiger partial charge is 0.512 e. The fraction of sp³-hybridized carbons (Fsp3) is 0.250. The average Bonchev–Trinajstić information content (AvgIpc) is 3.03. The maximum atomic E-state index is 13.4. The summed E-state index contributed by atoms with van der Waals surface area (Å²) in [5, 5.41) is 87.2. The molecule has 10 heteroatoms. The van der Waals surface area contributed by atoms with Crippen LogP contribution in [0.25, 0.3) is 6.08 Å². The van der Waals surface area contributed by atoms with Gasteiger partial charge < -0.3 is 40.9 Å². The summed E-state index contributed by atoms with van der Waals surface area (Å²) in [4.78, 5) is 26.1. The van der Waals surface area contributed by atoms with Crippen LogP contribution in [0, 0.1) is 23.7 Å². The van der Waals surface area contributed by atoms with E-state index in [1.807, 2.05) is 13.8 Å². The number of carbonyl (C=O) groups is 2. The van der Waals surface area contributed by atoms with Gasteiger partial charge in [-0.3, -0.25) is 9.59 Å². The van der Waals surface area contributed by atoms with Crippen LogP contribution in [0.2, 0.25) is 0 Å². The van der Waals surface area contributed by atoms with Crippen molar-refractivity contribution >= 4 is 17.6 Å². The first-order valence-electron chi connectivity index (χ1n) is 16.0. The van der Waals surface area contributed by atoms with Crippen LogP contribution in [-0.2, 0) is 4.79 Å². The van der Waals surface area contributed by atoms with Crippen LogP contribution in [0.1, 0.15) is 67.4 Å². The zero-order valence-electron chi connectivity index (χ0n) is 27.7. The minimum absolute atomic E-state index is 0.0170. The second kappa shape index (κ2) is 14.3. The fourth-order valence-electron chi connectivity index (χ4n) is 6.62. The Kier molecular flexibility index (Phi) is 10.1. The molecular formula is C40H38O10. The number of phenolic OH excluding ortho intramolecular Hbond substituents is 4. The van der Waals surface area contributed by atoms with E-state index in [0.717, 1.165) is 23.3 Å². The Labute approximate surface area is 289 Å². The first-order valence-corrected chi connectivity index (χ1v) is 16.0. The van der Waals surface area contributed by atoms with E-state index in [9.17, 15) is 50.4 Å². The smallest absolute Gasteiger partial charge is 0.236 e. The van der Waals surface area contributed by atoms with E-state index in [1.54, 1.807) is 25.2 Å². The summed E-state index contributed by atoms with van der Waals surface area (Å²) in [7, 11) is 0. The molecule has 10 nitrogen and oxygen atoms in total. The molecule has 0 radical (unpaired) electrons. The Hall–Kier alpha value is -5.92. The van der Waals surface area contributed by atoms with Gasteiger partial charge in [0.15, 0.2) is 5.78 Å². The molecule has 0 bridgehead atoms. The summed E-state index contributed by atoms with van der Waals surface area (Å²) in [6, 6.07) is 6.29. The van der Waals surface area contributed by atoms with Crippen LogP contribution in [0.15, 0.2) is 106 Å². The predicted octanol–water partition coefficient (Wildman–Crippen LogP) is 6.77. The molecule has 0 aromatic heterocycles. The number of ketones is 2. The van der Waals surface area contributed by atoms with Gasteiger partial charge in [-0.25, -0.2) is 0 Å². The number of hydrogen-bond donors (Lipinski definition) is 8. The minimum atomic E-state index is -1.15. The maximum Gasteiger partial charge on any atom is 0.236 e. The van der Waals surface area contributed by atoms with E-state index in [4.69, 9.17) is 0 Å². The Morgan fingerprint density at radius 2 is 1.70 bits per heavy atom. The summed E-state index contributed by atoms with van der Waals surface area (Å²) >= 11 is 0. The predicted molar refractivity (Wildman–Crippen MR) is 187 cm³/mol. The van der Waals surface area contributed by atoms with Crippen molar-refractivity contribution in [1.29, 1.82) is 0 Å². The number of aromatic hydroxyl groups is 4. The molecule has 0 aliphatic heterocycles. The molecule has 0 spiro atoms. The van der Waals surface area contributed by atoms with Crippen molar-refractivity contribution in [2.45, 2.75) is 52.1 Å². The highest BCUT2D eigenvalue weighted by Crippen LogP contribution is 2.53. The van der Waals surface area contributed by atoms with E-state index >= 15 is 0 Å². The summed E-state index contributed by atoms with van der Waals surface area (Å²) in [6.45, 7) is 5.46. The summed E-state index contributed by atoms with van der Waals surface area (Å²) in [6.07, 6.45) is 7.95. The van der Waals surface area contributed by atoms with Gasteiger partial charge in [0, 0.05) is 35.4 Å². The Balaban J connectivity index is 1.69. The first kappa shape index (κ1) is 35.4. The molecule has 4 atom stereocenters. The number of Topliss-reactive ketones (excluding diaryl/α,β-unsaturated/α-hetero) is 1. The molecular weight excluding hydrogens is 640 g/mol. The third kappa shape index (κ3) is 7.09. The van der Waals surface area contributed by atoms with Gasteiger partial charge in [0.05, 0.1) is 23.0 Å². The Morgan fingerprint density at radius 3 is 2.38 bits per heavy atom. The van der Waals surface area contributed by atoms with E-state index in [1.165, 1.54) is 36.4 Å². The Bertz CT molecular complexity index is 2050. The topological polar surface area (TPSA) is 196 Å². The third-order valence-corrected chi connectivity index (χ3v) is 9.12. The molecule has 2 aromatic carbocycles. The van der Waals surface area contributed by atoms with Gasteiger partial charge in [-0.2, -0.15) is 0 Å². The van der Waals surface area contributed by atoms with Gasteiger partial charge in [-0.1, -0.05) is 35.3 Å². The van der Waals surface area contributed by atoms with Gasteiger partial charge in [0.25, 0.3) is 0 Å². The lowest BCUT2D eigenvalue weighted by Gasteiger charge is -2.40. The van der Waals surface area contributed by atoms with Crippen molar-refractivity contribution in [2.75, 3.05) is 0 Å². The van der Waals surface area contributed by atoms with Crippen LogP contribution in [0.3, 0.4) is 0 Å². The quantitative estimate of drug-likeness (QED) is 0.0368. The van der Waals surface area contributed by atoms with Gasteiger partial charge >= 0.3 is 0 Å². The van der Waals surface area contributed by atoms with Crippen molar-refractivity contribution in [3.8, 4) is 34.8 Å². The van der Waals surface area contributed by atoms with E-state index < -0.39 is 58.4 Å². The van der Waals surface area contributed by atoms with Crippen molar-refractivity contribution < 1.29 is 50.4 Å². The third-order valence-electron chi connectivity index (χ3n) is 9.12. The van der Waals surface area contributed by atoms with Crippen LogP contribution in [0.5, 0.6) is 23.0 Å². The number of carbonyl (C=O) groups excluding carboxylic acids is 2. The van der Waals surface area contributed by atoms with Gasteiger partial charge in [-0.15, -0.1) is 0 Å². The number of hydrogen-bond acceptors (Lipinski definition) is 10. The second-order valence-corrected chi connectivity index (χ2v) is 12.9. The highest BCUT2D eigenvalue weighted by molar-refractivity contribution is 6.11. The SMILES string of the molecule is CC(C)=CCC1=C(O)C(=C(O)C2C(C3=CC=C(O)CC3O)CC(C)=CC2c2c(O)ccc(C(=O)/C=C/c3ccc(O)cc3O)c2O)C#CC1=O. The molecule has 50 heavy (non-hydrogen) atoms. The zero-order chi connectivity index (χ0) is 36.4. The number of benzene rings is 2. The van der Waals surface area contributed by atoms with Crippen molar-refractivity contribution in [2.24, 2.45) is 11.8 Å². The summed E-state index contributed by atoms with van der Waals surface area (Å²) < 4.78 is 0. The molecule has 0 heterocycles. The van der Waals surface area contributed by atoms with Gasteiger partial charge in [0.2, 0.25) is 5.78 Å². The van der Waals surface area contributed by atoms with Crippen LogP contribution < -0.4 is 0 Å². The Morgan fingerprint density at radius 1 is 0.960 bits per heavy atom. The van der Waals surface area contributed by atoms with Gasteiger partial charge in [0.1, 0.15) is 40.1 Å². The lowest BCUT2D eigenvalue weighted by atomic mass is 9.64. The number of rotatable bonds is 8. The van der Waals surface area contributed by atoms with E-state index in [2.05, 4.69) is 11.8 Å². The van der Waals surface area contributed by atoms with Crippen molar-refractivity contribution in [1.82, 2.24) is 0 Å². The van der Waals surface area contributed by atoms with E-state index in [0.29, 0.717) is 5.57 Å². The summed E-state index contributed by atoms with van der Waals surface area (Å²) in [5.41, 5.74) is 1.76. The number of aliphatic hydroxyl groups excluding tert-OH is 4. The van der Waals surface area contributed by atoms with Crippen molar-refractivity contribution in [3.05, 3.63) is 123 Å². The number of allylic oxidation sites excluding steroid dienone is 10. The zero-order valence-corrected chi connectivity index (χ0v) is 27.7. The highest BCUT2D eigenvalue weighted by Gasteiger charge is 2.44. The standard InChI is InChI=1S/C40H38O10/c1-20(2)4-9-26-32(44)14-12-28(38(26)48)40(50)36-29(25-10-8-24(42)19-35(25)47)16-21(3)17-30(36)37-33(45)15-11-27(39(37)49)31(43)13-6-22-5-7-23(41)18-34(22)46/h4-8,10-11,13,15,17-18,29-30,35-36,41-42,45-50H,9,16,19H2,1-3H3/b13-6+,40-28?.